The molecular weight excluding hydrogens is 506 g/mol. The summed E-state index contributed by atoms with van der Waals surface area (Å²) in [5.74, 6) is -0.471. The molecule has 0 amide bonds. The smallest absolute Gasteiger partial charge is 0.339 e. The van der Waals surface area contributed by atoms with Crippen LogP contribution >= 0.6 is 15.9 Å². The Labute approximate surface area is 207 Å². The molecule has 1 N–H and O–H groups in total. The zero-order valence-electron chi connectivity index (χ0n) is 21.8. The monoisotopic (exact) mass is 547 g/mol. The second kappa shape index (κ2) is 9.98. The standard InChI is InChI=1S/C24H42BrNO4SSi/c1-21(2,3)29-20(27)24(10,30-32(11,12)23(7,8)9)19(26-31(28)22(4,5)6)17-13-15-18(25)16-14-17/h13-16,19,26H,1-12H3/t19-,24+,31?/m0/s1. The highest BCUT2D eigenvalue weighted by molar-refractivity contribution is 9.10. The van der Waals surface area contributed by atoms with E-state index in [2.05, 4.69) is 54.5 Å². The quantitative estimate of drug-likeness (QED) is 0.306. The second-order valence-corrected chi connectivity index (χ2v) is 19.6. The molecule has 0 aromatic heterocycles. The van der Waals surface area contributed by atoms with Crippen molar-refractivity contribution >= 4 is 41.2 Å². The number of carbonyl (C=O) groups is 1. The molecule has 184 valence electrons. The largest absolute Gasteiger partial charge is 0.458 e. The lowest BCUT2D eigenvalue weighted by atomic mass is 9.90. The van der Waals surface area contributed by atoms with E-state index in [-0.39, 0.29) is 5.04 Å². The van der Waals surface area contributed by atoms with Gasteiger partial charge < -0.3 is 9.16 Å². The Bertz CT molecular complexity index is 822. The lowest BCUT2D eigenvalue weighted by Crippen LogP contribution is -2.59. The molecule has 0 aliphatic carbocycles. The Morgan fingerprint density at radius 3 is 1.81 bits per heavy atom. The minimum absolute atomic E-state index is 0.135. The molecule has 0 fully saturated rings. The highest BCUT2D eigenvalue weighted by Crippen LogP contribution is 2.43. The summed E-state index contributed by atoms with van der Waals surface area (Å²) in [4.78, 5) is 13.7. The van der Waals surface area contributed by atoms with Gasteiger partial charge in [-0.15, -0.1) is 0 Å². The molecule has 3 atom stereocenters. The highest BCUT2D eigenvalue weighted by atomic mass is 79.9. The van der Waals surface area contributed by atoms with E-state index in [0.29, 0.717) is 0 Å². The van der Waals surface area contributed by atoms with E-state index in [1.165, 1.54) is 0 Å². The van der Waals surface area contributed by atoms with Crippen molar-refractivity contribution in [2.75, 3.05) is 0 Å². The van der Waals surface area contributed by atoms with Crippen molar-refractivity contribution < 1.29 is 18.2 Å². The van der Waals surface area contributed by atoms with Crippen molar-refractivity contribution in [3.05, 3.63) is 34.3 Å². The van der Waals surface area contributed by atoms with Crippen molar-refractivity contribution in [3.63, 3.8) is 0 Å². The molecule has 0 bridgehead atoms. The van der Waals surface area contributed by atoms with Gasteiger partial charge in [-0.2, -0.15) is 0 Å². The number of carbonyl (C=O) groups excluding carboxylic acids is 1. The lowest BCUT2D eigenvalue weighted by Gasteiger charge is -2.47. The number of halogens is 1. The molecule has 0 spiro atoms. The minimum atomic E-state index is -2.43. The Balaban J connectivity index is 3.72. The second-order valence-electron chi connectivity index (χ2n) is 12.0. The molecule has 8 heteroatoms. The van der Waals surface area contributed by atoms with E-state index in [1.54, 1.807) is 6.92 Å². The van der Waals surface area contributed by atoms with Crippen molar-refractivity contribution in [2.45, 2.75) is 109 Å². The SMILES string of the molecule is CC(C)(C)OC(=O)[C@](C)(O[Si](C)(C)C(C)(C)C)[C@@H](NS(=O)C(C)(C)C)c1ccc(Br)cc1. The number of benzene rings is 1. The normalized spacial score (nSPS) is 17.4. The van der Waals surface area contributed by atoms with E-state index >= 15 is 0 Å². The Morgan fingerprint density at radius 1 is 0.969 bits per heavy atom. The van der Waals surface area contributed by atoms with Crippen LogP contribution in [0.2, 0.25) is 18.1 Å². The predicted molar refractivity (Wildman–Crippen MR) is 140 cm³/mol. The molecule has 5 nitrogen and oxygen atoms in total. The third kappa shape index (κ3) is 7.76. The van der Waals surface area contributed by atoms with Gasteiger partial charge in [0.15, 0.2) is 13.9 Å². The molecule has 0 heterocycles. The van der Waals surface area contributed by atoms with Crippen molar-refractivity contribution in [2.24, 2.45) is 0 Å². The van der Waals surface area contributed by atoms with Gasteiger partial charge in [0.1, 0.15) is 5.60 Å². The van der Waals surface area contributed by atoms with Crippen LogP contribution in [0.5, 0.6) is 0 Å². The first-order valence-electron chi connectivity index (χ1n) is 11.0. The summed E-state index contributed by atoms with van der Waals surface area (Å²) < 4.78 is 29.5. The third-order valence-electron chi connectivity index (χ3n) is 5.61. The van der Waals surface area contributed by atoms with Crippen LogP contribution in [0, 0.1) is 0 Å². The van der Waals surface area contributed by atoms with Crippen LogP contribution in [0.15, 0.2) is 28.7 Å². The molecule has 0 aliphatic heterocycles. The summed E-state index contributed by atoms with van der Waals surface area (Å²) in [7, 11) is -3.87. The van der Waals surface area contributed by atoms with E-state index < -0.39 is 47.3 Å². The number of ether oxygens (including phenoxy) is 1. The fraction of sp³-hybridized carbons (Fsp3) is 0.708. The first-order chi connectivity index (χ1) is 14.1. The van der Waals surface area contributed by atoms with Gasteiger partial charge in [-0.05, 0) is 84.3 Å². The molecule has 0 aliphatic rings. The van der Waals surface area contributed by atoms with E-state index in [1.807, 2.05) is 65.8 Å². The number of esters is 1. The maximum Gasteiger partial charge on any atom is 0.339 e. The fourth-order valence-corrected chi connectivity index (χ4v) is 5.48. The van der Waals surface area contributed by atoms with Gasteiger partial charge in [0.2, 0.25) is 0 Å². The molecule has 0 radical (unpaired) electrons. The van der Waals surface area contributed by atoms with Crippen LogP contribution in [-0.4, -0.2) is 34.4 Å². The molecule has 32 heavy (non-hydrogen) atoms. The van der Waals surface area contributed by atoms with Gasteiger partial charge in [-0.3, -0.25) is 0 Å². The van der Waals surface area contributed by atoms with E-state index in [9.17, 15) is 9.00 Å². The molecule has 0 saturated carbocycles. The first kappa shape index (κ1) is 29.5. The topological polar surface area (TPSA) is 64.6 Å². The maximum absolute atomic E-state index is 13.7. The van der Waals surface area contributed by atoms with Crippen LogP contribution in [0.3, 0.4) is 0 Å². The molecule has 1 unspecified atom stereocenters. The van der Waals surface area contributed by atoms with Gasteiger partial charge in [-0.25, -0.2) is 13.7 Å². The zero-order valence-corrected chi connectivity index (χ0v) is 25.2. The molecular formula is C24H42BrNO4SSi. The van der Waals surface area contributed by atoms with Crippen LogP contribution < -0.4 is 4.72 Å². The Kier molecular flexibility index (Phi) is 9.20. The third-order valence-corrected chi connectivity index (χ3v) is 12.3. The summed E-state index contributed by atoms with van der Waals surface area (Å²) in [5.41, 5.74) is -1.29. The van der Waals surface area contributed by atoms with Crippen molar-refractivity contribution in [1.29, 1.82) is 0 Å². The average molecular weight is 549 g/mol. The molecule has 1 aromatic carbocycles. The number of nitrogens with one attached hydrogen (secondary N) is 1. The van der Waals surface area contributed by atoms with Crippen molar-refractivity contribution in [3.8, 4) is 0 Å². The van der Waals surface area contributed by atoms with E-state index in [4.69, 9.17) is 9.16 Å². The Morgan fingerprint density at radius 2 is 1.44 bits per heavy atom. The van der Waals surface area contributed by atoms with Gasteiger partial charge in [0, 0.05) is 4.47 Å². The van der Waals surface area contributed by atoms with Gasteiger partial charge in [0.25, 0.3) is 0 Å². The van der Waals surface area contributed by atoms with Crippen LogP contribution in [-0.2, 0) is 24.9 Å². The highest BCUT2D eigenvalue weighted by Gasteiger charge is 2.53. The van der Waals surface area contributed by atoms with Crippen molar-refractivity contribution in [1.82, 2.24) is 4.72 Å². The summed E-state index contributed by atoms with van der Waals surface area (Å²) in [6.07, 6.45) is 0. The molecule has 1 aromatic rings. The lowest BCUT2D eigenvalue weighted by molar-refractivity contribution is -0.176. The number of hydrogen-bond donors (Lipinski definition) is 1. The van der Waals surface area contributed by atoms with E-state index in [0.717, 1.165) is 10.0 Å². The minimum Gasteiger partial charge on any atom is -0.458 e. The summed E-state index contributed by atoms with van der Waals surface area (Å²) in [5, 5.41) is -0.135. The zero-order chi connectivity index (χ0) is 25.3. The fourth-order valence-electron chi connectivity index (χ4n) is 2.72. The first-order valence-corrected chi connectivity index (χ1v) is 15.8. The van der Waals surface area contributed by atoms with Gasteiger partial charge >= 0.3 is 5.97 Å². The summed E-state index contributed by atoms with van der Waals surface area (Å²) in [6.45, 7) is 23.6. The van der Waals surface area contributed by atoms with Gasteiger partial charge in [-0.1, -0.05) is 48.8 Å². The predicted octanol–water partition coefficient (Wildman–Crippen LogP) is 6.66. The van der Waals surface area contributed by atoms with Crippen LogP contribution in [0.4, 0.5) is 0 Å². The summed E-state index contributed by atoms with van der Waals surface area (Å²) in [6, 6.07) is 6.97. The maximum atomic E-state index is 13.7. The number of rotatable bonds is 7. The number of hydrogen-bond acceptors (Lipinski definition) is 4. The van der Waals surface area contributed by atoms with Crippen LogP contribution in [0.1, 0.15) is 80.8 Å². The average Bonchev–Trinajstić information content (AvgIpc) is 2.56. The Hall–Kier alpha value is -0.543. The van der Waals surface area contributed by atoms with Crippen LogP contribution in [0.25, 0.3) is 0 Å². The molecule has 1 rings (SSSR count). The molecule has 0 saturated heterocycles. The van der Waals surface area contributed by atoms with Gasteiger partial charge in [0.05, 0.1) is 21.8 Å². The summed E-state index contributed by atoms with van der Waals surface area (Å²) >= 11 is 3.47.